The molecule has 1 N–H and O–H groups in total. The molecule has 0 fully saturated rings. The Morgan fingerprint density at radius 2 is 2.29 bits per heavy atom. The monoisotopic (exact) mass is 193 g/mol. The molecule has 0 aliphatic heterocycles. The lowest BCUT2D eigenvalue weighted by Gasteiger charge is -2.16. The van der Waals surface area contributed by atoms with Gasteiger partial charge in [-0.1, -0.05) is 0 Å². The average molecular weight is 193 g/mol. The highest BCUT2D eigenvalue weighted by molar-refractivity contribution is 5.89. The van der Waals surface area contributed by atoms with E-state index in [4.69, 9.17) is 4.74 Å². The second kappa shape index (κ2) is 3.92. The van der Waals surface area contributed by atoms with E-state index in [0.29, 0.717) is 5.82 Å². The number of nitrogens with one attached hydrogen (secondary N) is 1. The predicted octanol–water partition coefficient (Wildman–Crippen LogP) is 0.498. The minimum Gasteiger partial charge on any atom is -0.450 e. The van der Waals surface area contributed by atoms with E-state index in [1.54, 1.807) is 20.8 Å². The summed E-state index contributed by atoms with van der Waals surface area (Å²) in [6, 6.07) is 0. The summed E-state index contributed by atoms with van der Waals surface area (Å²) in [6.45, 7) is 5.34. The van der Waals surface area contributed by atoms with Crippen molar-refractivity contribution in [3.63, 3.8) is 0 Å². The fraction of sp³-hybridized carbons (Fsp3) is 0.444. The van der Waals surface area contributed by atoms with E-state index in [1.165, 1.54) is 6.33 Å². The number of H-pyrrole nitrogens is 1. The first-order valence-electron chi connectivity index (χ1n) is 4.08. The second-order valence-corrected chi connectivity index (χ2v) is 3.59. The maximum atomic E-state index is 11.1. The Labute approximate surface area is 81.9 Å². The van der Waals surface area contributed by atoms with Gasteiger partial charge in [0, 0.05) is 5.92 Å². The molecule has 1 aromatic heterocycles. The number of hydrogen-bond donors (Lipinski definition) is 1. The van der Waals surface area contributed by atoms with Crippen molar-refractivity contribution in [2.24, 2.45) is 0 Å². The van der Waals surface area contributed by atoms with Crippen molar-refractivity contribution in [2.45, 2.75) is 26.4 Å². The minimum atomic E-state index is -0.575. The van der Waals surface area contributed by atoms with Crippen molar-refractivity contribution in [2.75, 3.05) is 0 Å². The molecule has 74 valence electrons. The van der Waals surface area contributed by atoms with E-state index in [1.807, 2.05) is 0 Å². The van der Waals surface area contributed by atoms with E-state index >= 15 is 0 Å². The molecule has 0 saturated heterocycles. The molecule has 1 rings (SSSR count). The molecular weight excluding hydrogens is 182 g/mol. The third-order valence-electron chi connectivity index (χ3n) is 1.10. The zero-order chi connectivity index (χ0) is 10.6. The Morgan fingerprint density at radius 1 is 1.57 bits per heavy atom. The fourth-order valence-corrected chi connectivity index (χ4v) is 0.680. The van der Waals surface area contributed by atoms with Crippen molar-refractivity contribution in [3.8, 4) is 11.8 Å². The van der Waals surface area contributed by atoms with Crippen LogP contribution in [0.2, 0.25) is 0 Å². The van der Waals surface area contributed by atoms with E-state index in [9.17, 15) is 4.79 Å². The first kappa shape index (κ1) is 10.3. The van der Waals surface area contributed by atoms with Gasteiger partial charge in [-0.15, -0.1) is 0 Å². The molecule has 0 aromatic carbocycles. The first-order chi connectivity index (χ1) is 6.47. The van der Waals surface area contributed by atoms with E-state index in [0.717, 1.165) is 0 Å². The van der Waals surface area contributed by atoms with Crippen LogP contribution in [-0.4, -0.2) is 26.8 Å². The molecule has 0 atom stereocenters. The molecule has 5 heteroatoms. The van der Waals surface area contributed by atoms with Crippen molar-refractivity contribution in [3.05, 3.63) is 12.2 Å². The summed E-state index contributed by atoms with van der Waals surface area (Å²) in [7, 11) is 0. The maximum Gasteiger partial charge on any atom is 0.385 e. The molecule has 0 bridgehead atoms. The van der Waals surface area contributed by atoms with Gasteiger partial charge in [0.25, 0.3) is 0 Å². The summed E-state index contributed by atoms with van der Waals surface area (Å²) >= 11 is 0. The molecular formula is C9H11N3O2. The normalized spacial score (nSPS) is 10.2. The standard InChI is InChI=1S/C9H11N3O2/c1-9(2,3)14-8(13)5-4-7-10-6-11-12-7/h6H,1-3H3,(H,10,11,12). The second-order valence-electron chi connectivity index (χ2n) is 3.59. The number of ether oxygens (including phenoxy) is 1. The van der Waals surface area contributed by atoms with Crippen LogP contribution < -0.4 is 0 Å². The Hall–Kier alpha value is -1.83. The SMILES string of the molecule is CC(C)(C)OC(=O)C#Cc1ncn[nH]1. The predicted molar refractivity (Wildman–Crippen MR) is 49.1 cm³/mol. The number of nitrogens with zero attached hydrogens (tertiary/aromatic N) is 2. The lowest BCUT2D eigenvalue weighted by Crippen LogP contribution is -2.22. The van der Waals surface area contributed by atoms with Gasteiger partial charge in [0.1, 0.15) is 11.9 Å². The average Bonchev–Trinajstić information content (AvgIpc) is 2.49. The maximum absolute atomic E-state index is 11.1. The summed E-state index contributed by atoms with van der Waals surface area (Å²) in [5, 5.41) is 6.10. The molecule has 0 aliphatic carbocycles. The highest BCUT2D eigenvalue weighted by Gasteiger charge is 2.14. The number of carbonyl (C=O) groups is 1. The molecule has 14 heavy (non-hydrogen) atoms. The topological polar surface area (TPSA) is 67.9 Å². The van der Waals surface area contributed by atoms with E-state index in [-0.39, 0.29) is 0 Å². The van der Waals surface area contributed by atoms with Crippen LogP contribution in [0.4, 0.5) is 0 Å². The van der Waals surface area contributed by atoms with E-state index in [2.05, 4.69) is 27.0 Å². The third-order valence-corrected chi connectivity index (χ3v) is 1.10. The van der Waals surface area contributed by atoms with Gasteiger partial charge in [-0.2, -0.15) is 5.10 Å². The smallest absolute Gasteiger partial charge is 0.385 e. The summed E-state index contributed by atoms with van der Waals surface area (Å²) in [5.74, 6) is 4.56. The van der Waals surface area contributed by atoms with Gasteiger partial charge in [-0.05, 0) is 26.7 Å². The number of esters is 1. The third kappa shape index (κ3) is 3.72. The van der Waals surface area contributed by atoms with Gasteiger partial charge in [0.2, 0.25) is 5.82 Å². The van der Waals surface area contributed by atoms with Gasteiger partial charge in [-0.25, -0.2) is 9.78 Å². The van der Waals surface area contributed by atoms with Crippen molar-refractivity contribution in [1.29, 1.82) is 0 Å². The van der Waals surface area contributed by atoms with Crippen LogP contribution in [0.1, 0.15) is 26.6 Å². The van der Waals surface area contributed by atoms with Gasteiger partial charge in [0.05, 0.1) is 0 Å². The van der Waals surface area contributed by atoms with Crippen molar-refractivity contribution in [1.82, 2.24) is 15.2 Å². The lowest BCUT2D eigenvalue weighted by molar-refractivity contribution is -0.147. The number of hydrogen-bond acceptors (Lipinski definition) is 4. The molecule has 0 saturated carbocycles. The number of aromatic amines is 1. The molecule has 0 radical (unpaired) electrons. The zero-order valence-corrected chi connectivity index (χ0v) is 8.29. The van der Waals surface area contributed by atoms with Gasteiger partial charge >= 0.3 is 5.97 Å². The number of carbonyl (C=O) groups excluding carboxylic acids is 1. The minimum absolute atomic E-state index is 0.343. The van der Waals surface area contributed by atoms with Crippen LogP contribution in [0.3, 0.4) is 0 Å². The highest BCUT2D eigenvalue weighted by atomic mass is 16.6. The van der Waals surface area contributed by atoms with Crippen LogP contribution in [-0.2, 0) is 9.53 Å². The molecule has 1 heterocycles. The zero-order valence-electron chi connectivity index (χ0n) is 8.29. The van der Waals surface area contributed by atoms with Crippen LogP contribution in [0.25, 0.3) is 0 Å². The quantitative estimate of drug-likeness (QED) is 0.481. The summed E-state index contributed by atoms with van der Waals surface area (Å²) in [5.41, 5.74) is -0.521. The molecule has 0 unspecified atom stereocenters. The van der Waals surface area contributed by atoms with Crippen LogP contribution in [0.5, 0.6) is 0 Å². The molecule has 0 spiro atoms. The number of aromatic nitrogens is 3. The summed E-state index contributed by atoms with van der Waals surface area (Å²) in [6.07, 6.45) is 1.32. The van der Waals surface area contributed by atoms with Crippen LogP contribution >= 0.6 is 0 Å². The Morgan fingerprint density at radius 3 is 2.79 bits per heavy atom. The van der Waals surface area contributed by atoms with Crippen LogP contribution in [0, 0.1) is 11.8 Å². The largest absolute Gasteiger partial charge is 0.450 e. The molecule has 0 amide bonds. The summed E-state index contributed by atoms with van der Waals surface area (Å²) in [4.78, 5) is 14.8. The fourth-order valence-electron chi connectivity index (χ4n) is 0.680. The Kier molecular flexibility index (Phi) is 2.87. The number of rotatable bonds is 0. The van der Waals surface area contributed by atoms with Gasteiger partial charge < -0.3 is 4.74 Å². The Bertz CT molecular complexity index is 365. The van der Waals surface area contributed by atoms with Gasteiger partial charge in [0.15, 0.2) is 0 Å². The van der Waals surface area contributed by atoms with Crippen LogP contribution in [0.15, 0.2) is 6.33 Å². The van der Waals surface area contributed by atoms with Crippen molar-refractivity contribution >= 4 is 5.97 Å². The van der Waals surface area contributed by atoms with Gasteiger partial charge in [-0.3, -0.25) is 5.10 Å². The highest BCUT2D eigenvalue weighted by Crippen LogP contribution is 2.05. The first-order valence-corrected chi connectivity index (χ1v) is 4.08. The van der Waals surface area contributed by atoms with E-state index < -0.39 is 11.6 Å². The lowest BCUT2D eigenvalue weighted by atomic mass is 10.2. The summed E-state index contributed by atoms with van der Waals surface area (Å²) < 4.78 is 4.96. The molecule has 5 nitrogen and oxygen atoms in total. The molecule has 0 aliphatic rings. The Balaban J connectivity index is 2.57. The van der Waals surface area contributed by atoms with Crippen molar-refractivity contribution < 1.29 is 9.53 Å². The molecule has 1 aromatic rings.